The van der Waals surface area contributed by atoms with E-state index in [1.54, 1.807) is 32.2 Å². The molecule has 1 aliphatic rings. The highest BCUT2D eigenvalue weighted by Gasteiger charge is 2.31. The van der Waals surface area contributed by atoms with Crippen LogP contribution in [0.25, 0.3) is 0 Å². The topological polar surface area (TPSA) is 89.7 Å². The van der Waals surface area contributed by atoms with Gasteiger partial charge in [-0.1, -0.05) is 0 Å². The number of carbonyl (C=O) groups is 1. The van der Waals surface area contributed by atoms with Crippen molar-refractivity contribution in [2.75, 3.05) is 35.8 Å². The molecule has 1 atom stereocenters. The van der Waals surface area contributed by atoms with Gasteiger partial charge in [0.15, 0.2) is 9.84 Å². The summed E-state index contributed by atoms with van der Waals surface area (Å²) in [5.74, 6) is -0.0994. The summed E-state index contributed by atoms with van der Waals surface area (Å²) in [5.41, 5.74) is 7.53. The fraction of sp³-hybridized carbons (Fsp3) is 0.500. The molecule has 1 aromatic rings. The number of hydrogen-bond donors (Lipinski definition) is 1. The van der Waals surface area contributed by atoms with Gasteiger partial charge in [-0.05, 0) is 31.5 Å². The van der Waals surface area contributed by atoms with Crippen LogP contribution in [0.1, 0.15) is 23.7 Å². The summed E-state index contributed by atoms with van der Waals surface area (Å²) in [7, 11) is -1.17. The van der Waals surface area contributed by atoms with Crippen LogP contribution in [0.15, 0.2) is 18.2 Å². The number of ether oxygens (including phenoxy) is 1. The average Bonchev–Trinajstić information content (AvgIpc) is 2.79. The largest absolute Gasteiger partial charge is 0.462 e. The SMILES string of the molecule is CCOC(=O)c1ccc(N)c(N(C)C2CCS(=O)(=O)C2)c1. The van der Waals surface area contributed by atoms with Crippen molar-refractivity contribution >= 4 is 27.2 Å². The first-order valence-corrected chi connectivity index (χ1v) is 8.66. The Morgan fingerprint density at radius 1 is 1.48 bits per heavy atom. The minimum Gasteiger partial charge on any atom is -0.462 e. The maximum Gasteiger partial charge on any atom is 0.338 e. The zero-order valence-corrected chi connectivity index (χ0v) is 13.0. The molecular formula is C14H20N2O4S. The molecule has 0 amide bonds. The van der Waals surface area contributed by atoms with Crippen LogP contribution in [-0.4, -0.2) is 45.6 Å². The third-order valence-electron chi connectivity index (χ3n) is 3.68. The second-order valence-electron chi connectivity index (χ2n) is 5.16. The first-order chi connectivity index (χ1) is 9.84. The first kappa shape index (κ1) is 15.6. The van der Waals surface area contributed by atoms with Gasteiger partial charge in [0.2, 0.25) is 0 Å². The third-order valence-corrected chi connectivity index (χ3v) is 5.43. The molecule has 0 radical (unpaired) electrons. The molecule has 1 heterocycles. The Morgan fingerprint density at radius 2 is 2.19 bits per heavy atom. The lowest BCUT2D eigenvalue weighted by Crippen LogP contribution is -2.33. The summed E-state index contributed by atoms with van der Waals surface area (Å²) in [4.78, 5) is 13.6. The number of esters is 1. The quantitative estimate of drug-likeness (QED) is 0.661. The van der Waals surface area contributed by atoms with E-state index in [0.717, 1.165) is 0 Å². The van der Waals surface area contributed by atoms with E-state index in [9.17, 15) is 13.2 Å². The predicted molar refractivity (Wildman–Crippen MR) is 82.3 cm³/mol. The third kappa shape index (κ3) is 3.47. The molecule has 116 valence electrons. The Hall–Kier alpha value is -1.76. The smallest absolute Gasteiger partial charge is 0.338 e. The van der Waals surface area contributed by atoms with Crippen LogP contribution in [0.5, 0.6) is 0 Å². The molecule has 0 spiro atoms. The minimum absolute atomic E-state index is 0.116. The Morgan fingerprint density at radius 3 is 2.76 bits per heavy atom. The molecule has 1 fully saturated rings. The van der Waals surface area contributed by atoms with Crippen molar-refractivity contribution in [3.63, 3.8) is 0 Å². The molecule has 0 saturated carbocycles. The van der Waals surface area contributed by atoms with Gasteiger partial charge < -0.3 is 15.4 Å². The fourth-order valence-corrected chi connectivity index (χ4v) is 4.24. The maximum absolute atomic E-state index is 11.8. The summed E-state index contributed by atoms with van der Waals surface area (Å²) < 4.78 is 28.1. The first-order valence-electron chi connectivity index (χ1n) is 6.84. The van der Waals surface area contributed by atoms with E-state index in [-0.39, 0.29) is 17.5 Å². The minimum atomic E-state index is -2.97. The van der Waals surface area contributed by atoms with Gasteiger partial charge in [0.1, 0.15) is 0 Å². The van der Waals surface area contributed by atoms with E-state index in [1.165, 1.54) is 0 Å². The Bertz CT molecular complexity index is 642. The van der Waals surface area contributed by atoms with Crippen LogP contribution < -0.4 is 10.6 Å². The molecule has 1 aromatic carbocycles. The highest BCUT2D eigenvalue weighted by molar-refractivity contribution is 7.91. The maximum atomic E-state index is 11.8. The molecular weight excluding hydrogens is 292 g/mol. The van der Waals surface area contributed by atoms with E-state index < -0.39 is 15.8 Å². The molecule has 7 heteroatoms. The van der Waals surface area contributed by atoms with Gasteiger partial charge in [0.25, 0.3) is 0 Å². The van der Waals surface area contributed by atoms with Gasteiger partial charge in [-0.25, -0.2) is 13.2 Å². The van der Waals surface area contributed by atoms with Crippen molar-refractivity contribution in [3.05, 3.63) is 23.8 Å². The number of carbonyl (C=O) groups excluding carboxylic acids is 1. The summed E-state index contributed by atoms with van der Waals surface area (Å²) >= 11 is 0. The molecule has 1 unspecified atom stereocenters. The summed E-state index contributed by atoms with van der Waals surface area (Å²) in [6, 6.07) is 4.78. The number of benzene rings is 1. The monoisotopic (exact) mass is 312 g/mol. The summed E-state index contributed by atoms with van der Waals surface area (Å²) in [6.07, 6.45) is 0.571. The van der Waals surface area contributed by atoms with Crippen molar-refractivity contribution in [2.24, 2.45) is 0 Å². The van der Waals surface area contributed by atoms with E-state index in [2.05, 4.69) is 0 Å². The summed E-state index contributed by atoms with van der Waals surface area (Å²) in [6.45, 7) is 2.04. The van der Waals surface area contributed by atoms with Crippen LogP contribution in [0.4, 0.5) is 11.4 Å². The van der Waals surface area contributed by atoms with Crippen molar-refractivity contribution in [1.29, 1.82) is 0 Å². The molecule has 1 aliphatic heterocycles. The highest BCUT2D eigenvalue weighted by Crippen LogP contribution is 2.29. The van der Waals surface area contributed by atoms with Gasteiger partial charge in [0, 0.05) is 13.1 Å². The second-order valence-corrected chi connectivity index (χ2v) is 7.39. The lowest BCUT2D eigenvalue weighted by atomic mass is 10.1. The molecule has 2 rings (SSSR count). The number of anilines is 2. The number of rotatable bonds is 4. The van der Waals surface area contributed by atoms with E-state index in [4.69, 9.17) is 10.5 Å². The Kier molecular flexibility index (Phi) is 4.41. The van der Waals surface area contributed by atoms with Crippen LogP contribution in [0.2, 0.25) is 0 Å². The van der Waals surface area contributed by atoms with E-state index in [0.29, 0.717) is 30.0 Å². The van der Waals surface area contributed by atoms with Crippen LogP contribution in [-0.2, 0) is 14.6 Å². The zero-order chi connectivity index (χ0) is 15.6. The van der Waals surface area contributed by atoms with Gasteiger partial charge in [0.05, 0.1) is 35.1 Å². The zero-order valence-electron chi connectivity index (χ0n) is 12.2. The predicted octanol–water partition coefficient (Wildman–Crippen LogP) is 1.07. The number of nitrogen functional groups attached to an aromatic ring is 1. The van der Waals surface area contributed by atoms with Crippen LogP contribution >= 0.6 is 0 Å². The molecule has 2 N–H and O–H groups in total. The second kappa shape index (κ2) is 5.93. The Labute approximate surface area is 124 Å². The molecule has 0 aliphatic carbocycles. The van der Waals surface area contributed by atoms with Gasteiger partial charge >= 0.3 is 5.97 Å². The molecule has 6 nitrogen and oxygen atoms in total. The number of sulfone groups is 1. The standard InChI is InChI=1S/C14H20N2O4S/c1-3-20-14(17)10-4-5-12(15)13(8-10)16(2)11-6-7-21(18,19)9-11/h4-5,8,11H,3,6-7,9,15H2,1-2H3. The van der Waals surface area contributed by atoms with Crippen molar-refractivity contribution in [1.82, 2.24) is 0 Å². The molecule has 0 bridgehead atoms. The van der Waals surface area contributed by atoms with Gasteiger partial charge in [-0.15, -0.1) is 0 Å². The number of hydrogen-bond acceptors (Lipinski definition) is 6. The average molecular weight is 312 g/mol. The molecule has 21 heavy (non-hydrogen) atoms. The van der Waals surface area contributed by atoms with Gasteiger partial charge in [-0.2, -0.15) is 0 Å². The molecule has 0 aromatic heterocycles. The number of nitrogens with two attached hydrogens (primary N) is 1. The lowest BCUT2D eigenvalue weighted by molar-refractivity contribution is 0.0526. The number of nitrogens with zero attached hydrogens (tertiary/aromatic N) is 1. The normalized spacial score (nSPS) is 20.2. The Balaban J connectivity index is 2.26. The fourth-order valence-electron chi connectivity index (χ4n) is 2.47. The van der Waals surface area contributed by atoms with Gasteiger partial charge in [-0.3, -0.25) is 0 Å². The summed E-state index contributed by atoms with van der Waals surface area (Å²) in [5, 5.41) is 0. The van der Waals surface area contributed by atoms with Crippen LogP contribution in [0, 0.1) is 0 Å². The van der Waals surface area contributed by atoms with Crippen molar-refractivity contribution in [2.45, 2.75) is 19.4 Å². The van der Waals surface area contributed by atoms with Crippen molar-refractivity contribution in [3.8, 4) is 0 Å². The van der Waals surface area contributed by atoms with Crippen LogP contribution in [0.3, 0.4) is 0 Å². The lowest BCUT2D eigenvalue weighted by Gasteiger charge is -2.27. The van der Waals surface area contributed by atoms with Crippen molar-refractivity contribution < 1.29 is 17.9 Å². The van der Waals surface area contributed by atoms with E-state index in [1.807, 2.05) is 4.90 Å². The highest BCUT2D eigenvalue weighted by atomic mass is 32.2. The molecule has 1 saturated heterocycles. The van der Waals surface area contributed by atoms with E-state index >= 15 is 0 Å².